The summed E-state index contributed by atoms with van der Waals surface area (Å²) in [7, 11) is 1.57. The lowest BCUT2D eigenvalue weighted by atomic mass is 9.79. The van der Waals surface area contributed by atoms with Crippen LogP contribution in [0.5, 0.6) is 17.2 Å². The molecule has 31 heavy (non-hydrogen) atoms. The van der Waals surface area contributed by atoms with Crippen LogP contribution >= 0.6 is 0 Å². The van der Waals surface area contributed by atoms with E-state index in [0.717, 1.165) is 24.8 Å². The maximum absolute atomic E-state index is 13.5. The van der Waals surface area contributed by atoms with Gasteiger partial charge in [-0.1, -0.05) is 37.5 Å². The van der Waals surface area contributed by atoms with Crippen molar-refractivity contribution in [3.8, 4) is 17.2 Å². The molecule has 6 nitrogen and oxygen atoms in total. The first-order valence-electron chi connectivity index (χ1n) is 10.3. The number of aliphatic hydroxyl groups is 1. The second-order valence-corrected chi connectivity index (χ2v) is 7.92. The molecule has 1 fully saturated rings. The fourth-order valence-corrected chi connectivity index (χ4v) is 4.29. The van der Waals surface area contributed by atoms with E-state index in [1.165, 1.54) is 17.0 Å². The first kappa shape index (κ1) is 21.4. The molecule has 0 spiro atoms. The number of anilines is 1. The Labute approximate surface area is 179 Å². The normalized spacial score (nSPS) is 20.2. The molecule has 4 rings (SSSR count). The largest absolute Gasteiger partial charge is 0.497 e. The van der Waals surface area contributed by atoms with Crippen LogP contribution in [0.15, 0.2) is 42.5 Å². The predicted molar refractivity (Wildman–Crippen MR) is 110 cm³/mol. The molecule has 1 heterocycles. The zero-order chi connectivity index (χ0) is 22.0. The van der Waals surface area contributed by atoms with E-state index < -0.39 is 24.2 Å². The van der Waals surface area contributed by atoms with Crippen molar-refractivity contribution in [2.24, 2.45) is 0 Å². The molecular weight excluding hydrogens is 408 g/mol. The second-order valence-electron chi connectivity index (χ2n) is 7.92. The highest BCUT2D eigenvalue weighted by Gasteiger charge is 2.49. The highest BCUT2D eigenvalue weighted by molar-refractivity contribution is 6.01. The van der Waals surface area contributed by atoms with Crippen LogP contribution in [-0.2, 0) is 11.3 Å². The summed E-state index contributed by atoms with van der Waals surface area (Å²) in [5.41, 5.74) is -0.213. The monoisotopic (exact) mass is 433 g/mol. The number of carbonyl (C=O) groups excluding carboxylic acids is 1. The fourth-order valence-electron chi connectivity index (χ4n) is 4.29. The van der Waals surface area contributed by atoms with Gasteiger partial charge in [0.2, 0.25) is 6.10 Å². The SMILES string of the molecule is COc1ccc(CN2C(=O)C(C3(O)CCCCC3)Oc3c(OC(F)F)cccc32)cc1. The summed E-state index contributed by atoms with van der Waals surface area (Å²) in [6, 6.07) is 11.7. The van der Waals surface area contributed by atoms with Gasteiger partial charge in [0.25, 0.3) is 5.91 Å². The predicted octanol–water partition coefficient (Wildman–Crippen LogP) is 4.29. The second kappa shape index (κ2) is 8.70. The molecule has 1 aliphatic heterocycles. The molecule has 1 unspecified atom stereocenters. The number of hydrogen-bond donors (Lipinski definition) is 1. The lowest BCUT2D eigenvalue weighted by Crippen LogP contribution is -2.58. The third-order valence-corrected chi connectivity index (χ3v) is 5.90. The summed E-state index contributed by atoms with van der Waals surface area (Å²) < 4.78 is 41.7. The van der Waals surface area contributed by atoms with E-state index in [-0.39, 0.29) is 18.0 Å². The van der Waals surface area contributed by atoms with Gasteiger partial charge in [-0.05, 0) is 42.7 Å². The number of methoxy groups -OCH3 is 1. The Morgan fingerprint density at radius 1 is 1.16 bits per heavy atom. The van der Waals surface area contributed by atoms with Gasteiger partial charge in [0.1, 0.15) is 11.4 Å². The number of benzene rings is 2. The van der Waals surface area contributed by atoms with Gasteiger partial charge in [0, 0.05) is 0 Å². The number of para-hydroxylation sites is 1. The van der Waals surface area contributed by atoms with Crippen molar-refractivity contribution < 1.29 is 32.9 Å². The molecule has 2 aliphatic rings. The lowest BCUT2D eigenvalue weighted by Gasteiger charge is -2.43. The minimum Gasteiger partial charge on any atom is -0.497 e. The quantitative estimate of drug-likeness (QED) is 0.736. The number of halogens is 2. The van der Waals surface area contributed by atoms with Crippen LogP contribution in [0, 0.1) is 0 Å². The average molecular weight is 433 g/mol. The van der Waals surface area contributed by atoms with Crippen molar-refractivity contribution >= 4 is 11.6 Å². The summed E-state index contributed by atoms with van der Waals surface area (Å²) >= 11 is 0. The van der Waals surface area contributed by atoms with E-state index in [1.807, 2.05) is 12.1 Å². The molecule has 0 saturated heterocycles. The fraction of sp³-hybridized carbons (Fsp3) is 0.435. The molecule has 1 saturated carbocycles. The molecule has 166 valence electrons. The van der Waals surface area contributed by atoms with Gasteiger partial charge in [0.05, 0.1) is 19.3 Å². The smallest absolute Gasteiger partial charge is 0.387 e. The summed E-state index contributed by atoms with van der Waals surface area (Å²) in [5.74, 6) is 0.158. The molecule has 0 aromatic heterocycles. The number of alkyl halides is 2. The van der Waals surface area contributed by atoms with E-state index in [4.69, 9.17) is 9.47 Å². The molecule has 2 aromatic carbocycles. The summed E-state index contributed by atoms with van der Waals surface area (Å²) in [6.45, 7) is -2.86. The van der Waals surface area contributed by atoms with E-state index in [9.17, 15) is 18.7 Å². The molecule has 2 aromatic rings. The van der Waals surface area contributed by atoms with Crippen LogP contribution in [-0.4, -0.2) is 36.4 Å². The Kier molecular flexibility index (Phi) is 6.00. The highest BCUT2D eigenvalue weighted by atomic mass is 19.3. The number of carbonyl (C=O) groups is 1. The Hall–Kier alpha value is -2.87. The molecule has 0 bridgehead atoms. The van der Waals surface area contributed by atoms with E-state index in [1.54, 1.807) is 25.3 Å². The zero-order valence-corrected chi connectivity index (χ0v) is 17.2. The Morgan fingerprint density at radius 3 is 2.52 bits per heavy atom. The zero-order valence-electron chi connectivity index (χ0n) is 17.2. The maximum Gasteiger partial charge on any atom is 0.387 e. The van der Waals surface area contributed by atoms with E-state index in [2.05, 4.69) is 4.74 Å². The number of nitrogens with zero attached hydrogens (tertiary/aromatic N) is 1. The van der Waals surface area contributed by atoms with Crippen LogP contribution in [0.3, 0.4) is 0 Å². The Morgan fingerprint density at radius 2 is 1.87 bits per heavy atom. The third-order valence-electron chi connectivity index (χ3n) is 5.90. The van der Waals surface area contributed by atoms with Gasteiger partial charge in [-0.2, -0.15) is 8.78 Å². The molecular formula is C23H25F2NO5. The molecule has 0 radical (unpaired) electrons. The van der Waals surface area contributed by atoms with Gasteiger partial charge >= 0.3 is 6.61 Å². The Balaban J connectivity index is 1.74. The summed E-state index contributed by atoms with van der Waals surface area (Å²) in [5, 5.41) is 11.2. The van der Waals surface area contributed by atoms with Crippen LogP contribution in [0.2, 0.25) is 0 Å². The van der Waals surface area contributed by atoms with Crippen molar-refractivity contribution in [3.63, 3.8) is 0 Å². The summed E-state index contributed by atoms with van der Waals surface area (Å²) in [4.78, 5) is 14.9. The lowest BCUT2D eigenvalue weighted by molar-refractivity contribution is -0.145. The van der Waals surface area contributed by atoms with Gasteiger partial charge in [-0.3, -0.25) is 4.79 Å². The molecule has 1 amide bonds. The Bertz CT molecular complexity index is 928. The van der Waals surface area contributed by atoms with Crippen LogP contribution in [0.4, 0.5) is 14.5 Å². The van der Waals surface area contributed by atoms with Crippen molar-refractivity contribution in [2.45, 2.75) is 57.0 Å². The van der Waals surface area contributed by atoms with Gasteiger partial charge in [-0.25, -0.2) is 0 Å². The first-order chi connectivity index (χ1) is 14.9. The van der Waals surface area contributed by atoms with E-state index >= 15 is 0 Å². The van der Waals surface area contributed by atoms with Crippen molar-refractivity contribution in [3.05, 3.63) is 48.0 Å². The number of hydrogen-bond acceptors (Lipinski definition) is 5. The number of amides is 1. The minimum atomic E-state index is -3.04. The van der Waals surface area contributed by atoms with E-state index in [0.29, 0.717) is 24.3 Å². The molecule has 1 atom stereocenters. The van der Waals surface area contributed by atoms with Crippen molar-refractivity contribution in [1.29, 1.82) is 0 Å². The average Bonchev–Trinajstić information content (AvgIpc) is 2.76. The number of ether oxygens (including phenoxy) is 3. The van der Waals surface area contributed by atoms with Gasteiger partial charge in [0.15, 0.2) is 11.5 Å². The van der Waals surface area contributed by atoms with Crippen LogP contribution in [0.25, 0.3) is 0 Å². The topological polar surface area (TPSA) is 68.2 Å². The third kappa shape index (κ3) is 4.30. The van der Waals surface area contributed by atoms with Crippen molar-refractivity contribution in [2.75, 3.05) is 12.0 Å². The van der Waals surface area contributed by atoms with Gasteiger partial charge in [-0.15, -0.1) is 0 Å². The molecule has 8 heteroatoms. The first-order valence-corrected chi connectivity index (χ1v) is 10.3. The standard InChI is InChI=1S/C23H25F2NO5/c1-29-16-10-8-15(9-11-16)14-26-17-6-5-7-18(30-22(24)25)19(17)31-20(21(26)27)23(28)12-3-2-4-13-23/h5-11,20,22,28H,2-4,12-14H2,1H3. The highest BCUT2D eigenvalue weighted by Crippen LogP contribution is 2.46. The number of fused-ring (bicyclic) bond motifs is 1. The maximum atomic E-state index is 13.5. The van der Waals surface area contributed by atoms with Gasteiger partial charge < -0.3 is 24.2 Å². The molecule has 1 N–H and O–H groups in total. The number of rotatable bonds is 6. The van der Waals surface area contributed by atoms with Crippen LogP contribution in [0.1, 0.15) is 37.7 Å². The van der Waals surface area contributed by atoms with Crippen LogP contribution < -0.4 is 19.1 Å². The summed E-state index contributed by atoms with van der Waals surface area (Å²) in [6.07, 6.45) is 2.13. The van der Waals surface area contributed by atoms with Crippen molar-refractivity contribution in [1.82, 2.24) is 0 Å². The minimum absolute atomic E-state index is 0.0416. The molecule has 1 aliphatic carbocycles.